The van der Waals surface area contributed by atoms with Gasteiger partial charge in [0, 0.05) is 31.6 Å². The summed E-state index contributed by atoms with van der Waals surface area (Å²) in [7, 11) is 0. The van der Waals surface area contributed by atoms with Crippen LogP contribution in [0.15, 0.2) is 0 Å². The Hall–Kier alpha value is -5.72. The van der Waals surface area contributed by atoms with Crippen molar-refractivity contribution in [2.45, 2.75) is 128 Å². The van der Waals surface area contributed by atoms with Gasteiger partial charge in [-0.25, -0.2) is 4.79 Å². The second kappa shape index (κ2) is 27.9. The van der Waals surface area contributed by atoms with Crippen LogP contribution in [0.1, 0.15) is 85.5 Å². The van der Waals surface area contributed by atoms with Gasteiger partial charge in [-0.15, -0.1) is 0 Å². The maximum atomic E-state index is 13.9. The Labute approximate surface area is 353 Å². The van der Waals surface area contributed by atoms with Gasteiger partial charge in [0.2, 0.25) is 53.2 Å². The molecule has 25 heteroatoms. The summed E-state index contributed by atoms with van der Waals surface area (Å²) in [5.41, 5.74) is 26.7. The van der Waals surface area contributed by atoms with Crippen molar-refractivity contribution in [2.24, 2.45) is 40.5 Å². The maximum absolute atomic E-state index is 13.9. The van der Waals surface area contributed by atoms with Crippen molar-refractivity contribution in [3.63, 3.8) is 0 Å². The highest BCUT2D eigenvalue weighted by molar-refractivity contribution is 7.80. The van der Waals surface area contributed by atoms with E-state index in [9.17, 15) is 53.1 Å². The molecule has 0 saturated carbocycles. The molecule has 0 aromatic carbocycles. The van der Waals surface area contributed by atoms with Gasteiger partial charge in [0.1, 0.15) is 36.3 Å². The number of aliphatic carboxylic acids is 1. The molecule has 19 N–H and O–H groups in total. The van der Waals surface area contributed by atoms with Crippen molar-refractivity contribution < 1.29 is 53.1 Å². The van der Waals surface area contributed by atoms with Crippen LogP contribution < -0.4 is 65.9 Å². The lowest BCUT2D eigenvalue weighted by Crippen LogP contribution is -2.61. The molecule has 60 heavy (non-hydrogen) atoms. The normalized spacial score (nSPS) is 14.9. The molecule has 0 aromatic heterocycles. The number of hydrogen-bond donors (Lipinski definition) is 15. The van der Waals surface area contributed by atoms with Crippen LogP contribution in [0.5, 0.6) is 0 Å². The van der Waals surface area contributed by atoms with Crippen LogP contribution in [0, 0.1) is 17.2 Å². The topological polar surface area (TPSA) is 429 Å². The molecule has 8 atom stereocenters. The smallest absolute Gasteiger partial charge is 0.326 e. The first-order chi connectivity index (χ1) is 27.9. The summed E-state index contributed by atoms with van der Waals surface area (Å²) in [4.78, 5) is 127. The van der Waals surface area contributed by atoms with Crippen LogP contribution >= 0.6 is 12.6 Å². The number of amides is 9. The standard InChI is InChI=1S/C35H63N13O11S/c1-5-17(4)27(48-31(55)21(9-12-24(38)50)43-28(52)18(36)15-60)33(57)47-26(16(2)3)32(56)45-19(7-6-14-42-35(40)41)29(53)44-20(8-11-23(37)49)30(54)46-22(34(58)59)10-13-25(39)51/h16-22,26-27,60H,5-15,36H2,1-4H3,(H2,37,49)(H2,38,50)(H2,39,51)(H,43,52)(H,44,53)(H,45,56)(H,46,54)(H,47,57)(H,48,55)(H,58,59)(H4,40,41,42)/t17-,18-,19-,20-,21-,22-,26-,27-/m0/s1. The highest BCUT2D eigenvalue weighted by Gasteiger charge is 2.36. The predicted molar refractivity (Wildman–Crippen MR) is 220 cm³/mol. The van der Waals surface area contributed by atoms with E-state index in [4.69, 9.17) is 34.1 Å². The van der Waals surface area contributed by atoms with E-state index >= 15 is 0 Å². The van der Waals surface area contributed by atoms with Crippen LogP contribution in [-0.4, -0.2) is 125 Å². The highest BCUT2D eigenvalue weighted by atomic mass is 32.1. The second-order valence-electron chi connectivity index (χ2n) is 14.5. The number of carbonyl (C=O) groups is 10. The van der Waals surface area contributed by atoms with Crippen molar-refractivity contribution in [3.05, 3.63) is 0 Å². The van der Waals surface area contributed by atoms with Crippen molar-refractivity contribution in [3.8, 4) is 0 Å². The Balaban J connectivity index is 6.52. The van der Waals surface area contributed by atoms with E-state index in [2.05, 4.69) is 49.8 Å². The zero-order valence-corrected chi connectivity index (χ0v) is 35.2. The van der Waals surface area contributed by atoms with Gasteiger partial charge in [0.15, 0.2) is 5.96 Å². The van der Waals surface area contributed by atoms with Crippen LogP contribution in [-0.2, 0) is 47.9 Å². The van der Waals surface area contributed by atoms with Crippen molar-refractivity contribution in [1.82, 2.24) is 37.2 Å². The van der Waals surface area contributed by atoms with Gasteiger partial charge in [0.05, 0.1) is 6.04 Å². The maximum Gasteiger partial charge on any atom is 0.326 e. The van der Waals surface area contributed by atoms with E-state index in [1.54, 1.807) is 27.7 Å². The minimum Gasteiger partial charge on any atom is -0.480 e. The molecule has 0 aliphatic heterocycles. The van der Waals surface area contributed by atoms with E-state index in [0.717, 1.165) is 0 Å². The molecule has 0 spiro atoms. The number of carbonyl (C=O) groups excluding carboxylic acids is 9. The molecule has 0 aliphatic rings. The molecule has 0 rings (SSSR count). The van der Waals surface area contributed by atoms with E-state index < -0.39 is 126 Å². The summed E-state index contributed by atoms with van der Waals surface area (Å²) in [6, 6.07) is -9.60. The Morgan fingerprint density at radius 1 is 0.583 bits per heavy atom. The molecule has 24 nitrogen and oxygen atoms in total. The van der Waals surface area contributed by atoms with Crippen LogP contribution in [0.4, 0.5) is 0 Å². The fourth-order valence-corrected chi connectivity index (χ4v) is 5.52. The summed E-state index contributed by atoms with van der Waals surface area (Å²) in [5.74, 6) is -10.8. The number of nitrogens with two attached hydrogens (primary N) is 5. The van der Waals surface area contributed by atoms with E-state index in [-0.39, 0.29) is 56.8 Å². The average Bonchev–Trinajstić information content (AvgIpc) is 3.16. The van der Waals surface area contributed by atoms with E-state index in [0.29, 0.717) is 6.42 Å². The summed E-state index contributed by atoms with van der Waals surface area (Å²) in [6.45, 7) is 6.65. The summed E-state index contributed by atoms with van der Waals surface area (Å²) in [5, 5.41) is 34.3. The Morgan fingerprint density at radius 3 is 1.38 bits per heavy atom. The molecule has 0 heterocycles. The van der Waals surface area contributed by atoms with Crippen molar-refractivity contribution >= 4 is 77.7 Å². The Bertz CT molecular complexity index is 1550. The monoisotopic (exact) mass is 873 g/mol. The molecule has 0 saturated heterocycles. The van der Waals surface area contributed by atoms with Crippen molar-refractivity contribution in [2.75, 3.05) is 12.3 Å². The van der Waals surface area contributed by atoms with Gasteiger partial charge in [-0.05, 0) is 43.9 Å². The molecule has 0 fully saturated rings. The van der Waals surface area contributed by atoms with Crippen LogP contribution in [0.3, 0.4) is 0 Å². The van der Waals surface area contributed by atoms with Crippen LogP contribution in [0.2, 0.25) is 0 Å². The lowest BCUT2D eigenvalue weighted by atomic mass is 9.95. The number of primary amides is 3. The Kier molecular flexibility index (Phi) is 25.2. The first-order valence-electron chi connectivity index (χ1n) is 19.3. The molecular weight excluding hydrogens is 811 g/mol. The van der Waals surface area contributed by atoms with Crippen LogP contribution in [0.25, 0.3) is 0 Å². The zero-order valence-electron chi connectivity index (χ0n) is 34.3. The molecule has 0 aliphatic carbocycles. The number of thiol groups is 1. The SMILES string of the molecule is CC[C@H](C)[C@H](NC(=O)[C@H](CCC(N)=O)NC(=O)[C@@H](N)CS)C(=O)N[C@H](C(=O)N[C@@H](CCCNC(=N)N)C(=O)N[C@@H](CCC(N)=O)C(=O)N[C@@H](CCC(N)=O)C(=O)O)C(C)C. The highest BCUT2D eigenvalue weighted by Crippen LogP contribution is 2.13. The lowest BCUT2D eigenvalue weighted by Gasteiger charge is -2.30. The first-order valence-corrected chi connectivity index (χ1v) is 19.9. The molecule has 9 amide bonds. The van der Waals surface area contributed by atoms with E-state index in [1.807, 2.05) is 0 Å². The lowest BCUT2D eigenvalue weighted by molar-refractivity contribution is -0.143. The molecule has 0 radical (unpaired) electrons. The van der Waals surface area contributed by atoms with E-state index in [1.165, 1.54) is 0 Å². The van der Waals surface area contributed by atoms with Gasteiger partial charge in [-0.1, -0.05) is 34.1 Å². The third-order valence-electron chi connectivity index (χ3n) is 9.11. The molecule has 0 bridgehead atoms. The van der Waals surface area contributed by atoms with Gasteiger partial charge < -0.3 is 71.0 Å². The number of nitrogens with one attached hydrogen (secondary N) is 8. The number of hydrogen-bond acceptors (Lipinski definition) is 13. The number of carboxylic acid groups (broad SMARTS) is 1. The molecule has 0 aromatic rings. The summed E-state index contributed by atoms with van der Waals surface area (Å²) < 4.78 is 0. The number of carboxylic acids is 1. The third-order valence-corrected chi connectivity index (χ3v) is 9.50. The molecule has 0 unspecified atom stereocenters. The average molecular weight is 874 g/mol. The Morgan fingerprint density at radius 2 is 0.967 bits per heavy atom. The largest absolute Gasteiger partial charge is 0.480 e. The van der Waals surface area contributed by atoms with Gasteiger partial charge in [-0.2, -0.15) is 12.6 Å². The van der Waals surface area contributed by atoms with Gasteiger partial charge >= 0.3 is 5.97 Å². The minimum absolute atomic E-state index is 0.0531. The summed E-state index contributed by atoms with van der Waals surface area (Å²) in [6.07, 6.45) is -1.73. The number of rotatable bonds is 30. The fraction of sp³-hybridized carbons (Fsp3) is 0.686. The quantitative estimate of drug-likeness (QED) is 0.0139. The second-order valence-corrected chi connectivity index (χ2v) is 14.8. The number of guanidine groups is 1. The molecular formula is C35H63N13O11S. The fourth-order valence-electron chi connectivity index (χ4n) is 5.35. The van der Waals surface area contributed by atoms with Gasteiger partial charge in [0.25, 0.3) is 0 Å². The zero-order chi connectivity index (χ0) is 46.3. The predicted octanol–water partition coefficient (Wildman–Crippen LogP) is -5.00. The third kappa shape index (κ3) is 21.3. The van der Waals surface area contributed by atoms with Crippen molar-refractivity contribution in [1.29, 1.82) is 5.41 Å². The summed E-state index contributed by atoms with van der Waals surface area (Å²) >= 11 is 3.98. The molecule has 340 valence electrons. The van der Waals surface area contributed by atoms with Gasteiger partial charge in [-0.3, -0.25) is 48.6 Å². The first kappa shape index (κ1) is 54.3. The minimum atomic E-state index is -1.60.